The second-order valence-electron chi connectivity index (χ2n) is 2.56. The van der Waals surface area contributed by atoms with Gasteiger partial charge in [-0.3, -0.25) is 9.59 Å². The van der Waals surface area contributed by atoms with Gasteiger partial charge in [0.05, 0.1) is 5.56 Å². The van der Waals surface area contributed by atoms with Crippen LogP contribution in [0.25, 0.3) is 0 Å². The van der Waals surface area contributed by atoms with E-state index in [0.717, 1.165) is 3.57 Å². The Balaban J connectivity index is 2.70. The van der Waals surface area contributed by atoms with Crippen molar-refractivity contribution in [3.05, 3.63) is 33.4 Å². The zero-order valence-corrected chi connectivity index (χ0v) is 9.32. The van der Waals surface area contributed by atoms with Crippen LogP contribution in [0.3, 0.4) is 0 Å². The number of halogens is 1. The number of hydrogen-bond donors (Lipinski definition) is 2. The SMILES string of the molecule is O=C(O)CNC(=O)c1ccccc1[131I]. The minimum atomic E-state index is -1.05. The topological polar surface area (TPSA) is 66.4 Å². The molecule has 0 spiro atoms. The first-order valence-electron chi connectivity index (χ1n) is 3.86. The number of rotatable bonds is 3. The summed E-state index contributed by atoms with van der Waals surface area (Å²) in [5.74, 6) is -1.42. The summed E-state index contributed by atoms with van der Waals surface area (Å²) < 4.78 is 0.799. The summed E-state index contributed by atoms with van der Waals surface area (Å²) in [6.45, 7) is -0.357. The molecular weight excluding hydrogens is 301 g/mol. The van der Waals surface area contributed by atoms with Crippen LogP contribution in [0, 0.1) is 3.57 Å². The number of hydrogen-bond acceptors (Lipinski definition) is 2. The van der Waals surface area contributed by atoms with Crippen molar-refractivity contribution in [1.82, 2.24) is 5.32 Å². The van der Waals surface area contributed by atoms with E-state index in [1.165, 1.54) is 0 Å². The quantitative estimate of drug-likeness (QED) is 0.822. The first-order valence-corrected chi connectivity index (χ1v) is 4.93. The van der Waals surface area contributed by atoms with E-state index in [4.69, 9.17) is 5.11 Å². The molecule has 0 bridgehead atoms. The highest BCUT2D eigenvalue weighted by molar-refractivity contribution is 14.1. The third-order valence-corrected chi connectivity index (χ3v) is 2.46. The molecule has 0 heterocycles. The summed E-state index contributed by atoms with van der Waals surface area (Å²) in [6, 6.07) is 6.99. The Morgan fingerprint density at radius 1 is 1.36 bits per heavy atom. The smallest absolute Gasteiger partial charge is 0.322 e. The van der Waals surface area contributed by atoms with Crippen LogP contribution >= 0.6 is 22.6 Å². The molecule has 0 unspecified atom stereocenters. The Morgan fingerprint density at radius 2 is 2.00 bits per heavy atom. The van der Waals surface area contributed by atoms with Crippen LogP contribution in [0.1, 0.15) is 10.4 Å². The molecule has 5 heteroatoms. The molecule has 0 saturated heterocycles. The first kappa shape index (κ1) is 11.0. The van der Waals surface area contributed by atoms with Crippen molar-refractivity contribution in [3.63, 3.8) is 0 Å². The van der Waals surface area contributed by atoms with Gasteiger partial charge in [-0.1, -0.05) is 12.1 Å². The molecule has 1 aromatic carbocycles. The van der Waals surface area contributed by atoms with Crippen molar-refractivity contribution in [2.75, 3.05) is 6.54 Å². The van der Waals surface area contributed by atoms with E-state index < -0.39 is 5.97 Å². The molecule has 0 aliphatic carbocycles. The van der Waals surface area contributed by atoms with Gasteiger partial charge < -0.3 is 10.4 Å². The lowest BCUT2D eigenvalue weighted by molar-refractivity contribution is -0.135. The highest BCUT2D eigenvalue weighted by Gasteiger charge is 2.09. The van der Waals surface area contributed by atoms with Crippen LogP contribution in [0.2, 0.25) is 0 Å². The Bertz CT molecular complexity index is 365. The molecule has 1 amide bonds. The van der Waals surface area contributed by atoms with Crippen molar-refractivity contribution in [2.24, 2.45) is 0 Å². The van der Waals surface area contributed by atoms with E-state index in [2.05, 4.69) is 5.32 Å². The van der Waals surface area contributed by atoms with Crippen molar-refractivity contribution in [3.8, 4) is 0 Å². The lowest BCUT2D eigenvalue weighted by atomic mass is 10.2. The van der Waals surface area contributed by atoms with Crippen molar-refractivity contribution >= 4 is 34.5 Å². The average molecular weight is 309 g/mol. The predicted molar refractivity (Wildman–Crippen MR) is 59.1 cm³/mol. The fourth-order valence-corrected chi connectivity index (χ4v) is 1.53. The molecule has 0 saturated carbocycles. The van der Waals surface area contributed by atoms with Gasteiger partial charge in [-0.05, 0) is 34.7 Å². The Hall–Kier alpha value is -1.11. The van der Waals surface area contributed by atoms with E-state index in [9.17, 15) is 9.59 Å². The van der Waals surface area contributed by atoms with Crippen LogP contribution in [0.4, 0.5) is 0 Å². The maximum Gasteiger partial charge on any atom is 0.322 e. The monoisotopic (exact) mass is 309 g/mol. The number of aliphatic carboxylic acids is 1. The van der Waals surface area contributed by atoms with Gasteiger partial charge in [0.25, 0.3) is 5.91 Å². The maximum absolute atomic E-state index is 11.4. The number of carboxylic acids is 1. The van der Waals surface area contributed by atoms with E-state index >= 15 is 0 Å². The van der Waals surface area contributed by atoms with Gasteiger partial charge in [-0.15, -0.1) is 0 Å². The average Bonchev–Trinajstić information content (AvgIpc) is 2.15. The molecule has 0 aliphatic heterocycles. The van der Waals surface area contributed by atoms with Crippen LogP contribution in [0.5, 0.6) is 0 Å². The molecule has 14 heavy (non-hydrogen) atoms. The summed E-state index contributed by atoms with van der Waals surface area (Å²) in [6.07, 6.45) is 0. The van der Waals surface area contributed by atoms with Gasteiger partial charge in [0.1, 0.15) is 6.54 Å². The van der Waals surface area contributed by atoms with Gasteiger partial charge in [-0.2, -0.15) is 0 Å². The van der Waals surface area contributed by atoms with Gasteiger partial charge >= 0.3 is 5.97 Å². The summed E-state index contributed by atoms with van der Waals surface area (Å²) in [5.41, 5.74) is 0.495. The molecule has 4 nitrogen and oxygen atoms in total. The number of carbonyl (C=O) groups excluding carboxylic acids is 1. The molecule has 1 aromatic rings. The van der Waals surface area contributed by atoms with Crippen LogP contribution in [-0.2, 0) is 4.79 Å². The highest BCUT2D eigenvalue weighted by atomic mass is 131. The van der Waals surface area contributed by atoms with Gasteiger partial charge in [0.15, 0.2) is 0 Å². The summed E-state index contributed by atoms with van der Waals surface area (Å²) in [4.78, 5) is 21.6. The summed E-state index contributed by atoms with van der Waals surface area (Å²) in [5, 5.41) is 10.7. The fourth-order valence-electron chi connectivity index (χ4n) is 0.896. The van der Waals surface area contributed by atoms with E-state index in [0.29, 0.717) is 5.56 Å². The largest absolute Gasteiger partial charge is 0.480 e. The number of amides is 1. The highest BCUT2D eigenvalue weighted by Crippen LogP contribution is 2.10. The Morgan fingerprint density at radius 3 is 2.57 bits per heavy atom. The van der Waals surface area contributed by atoms with E-state index in [1.807, 2.05) is 28.7 Å². The van der Waals surface area contributed by atoms with E-state index in [1.54, 1.807) is 18.2 Å². The van der Waals surface area contributed by atoms with Gasteiger partial charge in [0.2, 0.25) is 0 Å². The minimum absolute atomic E-state index is 0.357. The van der Waals surface area contributed by atoms with Crippen LogP contribution < -0.4 is 5.32 Å². The third-order valence-electron chi connectivity index (χ3n) is 1.52. The third kappa shape index (κ3) is 2.99. The van der Waals surface area contributed by atoms with Gasteiger partial charge in [-0.25, -0.2) is 0 Å². The molecule has 0 fully saturated rings. The molecule has 0 aliphatic rings. The summed E-state index contributed by atoms with van der Waals surface area (Å²) in [7, 11) is 0. The fraction of sp³-hybridized carbons (Fsp3) is 0.111. The molecule has 2 N–H and O–H groups in total. The minimum Gasteiger partial charge on any atom is -0.480 e. The summed E-state index contributed by atoms with van der Waals surface area (Å²) >= 11 is 2.02. The zero-order chi connectivity index (χ0) is 10.6. The van der Waals surface area contributed by atoms with Crippen molar-refractivity contribution < 1.29 is 14.7 Å². The Kier molecular flexibility index (Phi) is 3.87. The van der Waals surface area contributed by atoms with Crippen LogP contribution in [-0.4, -0.2) is 23.5 Å². The first-order chi connectivity index (χ1) is 6.61. The lowest BCUT2D eigenvalue weighted by Gasteiger charge is -2.03. The molecule has 0 atom stereocenters. The zero-order valence-electron chi connectivity index (χ0n) is 7.16. The molecular formula is C9H8INO3. The second-order valence-corrected chi connectivity index (χ2v) is 3.72. The predicted octanol–water partition coefficient (Wildman–Crippen LogP) is 1.11. The van der Waals surface area contributed by atoms with Crippen molar-refractivity contribution in [1.29, 1.82) is 0 Å². The van der Waals surface area contributed by atoms with Gasteiger partial charge in [0, 0.05) is 3.57 Å². The standard InChI is InChI=1S/C9H8INO3/c10-7-4-2-1-3-6(7)9(14)11-5-8(12)13/h1-4H,5H2,(H,11,14)(H,12,13)/i10+4. The lowest BCUT2D eigenvalue weighted by Crippen LogP contribution is -2.29. The second kappa shape index (κ2) is 4.94. The van der Waals surface area contributed by atoms with Crippen LogP contribution in [0.15, 0.2) is 24.3 Å². The number of carbonyl (C=O) groups is 2. The number of nitrogens with one attached hydrogen (secondary N) is 1. The Labute approximate surface area is 94.5 Å². The van der Waals surface area contributed by atoms with E-state index in [-0.39, 0.29) is 12.5 Å². The number of benzene rings is 1. The normalized spacial score (nSPS) is 9.50. The molecule has 0 aromatic heterocycles. The molecule has 1 rings (SSSR count). The van der Waals surface area contributed by atoms with Crippen molar-refractivity contribution in [2.45, 2.75) is 0 Å². The molecule has 74 valence electrons. The maximum atomic E-state index is 11.4. The molecule has 0 radical (unpaired) electrons. The number of carboxylic acid groups (broad SMARTS) is 1.